The zero-order chi connectivity index (χ0) is 13.4. The Morgan fingerprint density at radius 3 is 2.39 bits per heavy atom. The van der Waals surface area contributed by atoms with Crippen LogP contribution >= 0.6 is 15.9 Å². The van der Waals surface area contributed by atoms with Crippen LogP contribution in [0.5, 0.6) is 0 Å². The fourth-order valence-electron chi connectivity index (χ4n) is 1.36. The summed E-state index contributed by atoms with van der Waals surface area (Å²) in [4.78, 5) is 22.8. The van der Waals surface area contributed by atoms with E-state index in [0.717, 1.165) is 16.5 Å². The second kappa shape index (κ2) is 7.87. The summed E-state index contributed by atoms with van der Waals surface area (Å²) >= 11 is 3.33. The minimum Gasteiger partial charge on any atom is -0.355 e. The van der Waals surface area contributed by atoms with Crippen LogP contribution in [0.4, 0.5) is 0 Å². The molecule has 2 amide bonds. The standard InChI is InChI=1S/C13H17BrN2O2/c1-2-7-15-13(18)9-16-12(17)8-10-3-5-11(14)6-4-10/h3-6H,2,7-9H2,1H3,(H,15,18)(H,16,17). The molecule has 0 saturated carbocycles. The largest absolute Gasteiger partial charge is 0.355 e. The normalized spacial score (nSPS) is 9.89. The van der Waals surface area contributed by atoms with Gasteiger partial charge in [-0.3, -0.25) is 9.59 Å². The molecule has 1 rings (SSSR count). The van der Waals surface area contributed by atoms with Crippen LogP contribution in [-0.4, -0.2) is 24.9 Å². The van der Waals surface area contributed by atoms with E-state index in [9.17, 15) is 9.59 Å². The van der Waals surface area contributed by atoms with Gasteiger partial charge in [0.25, 0.3) is 0 Å². The van der Waals surface area contributed by atoms with Crippen molar-refractivity contribution in [1.29, 1.82) is 0 Å². The van der Waals surface area contributed by atoms with Crippen molar-refractivity contribution in [2.24, 2.45) is 0 Å². The van der Waals surface area contributed by atoms with Gasteiger partial charge in [-0.05, 0) is 24.1 Å². The molecule has 0 aliphatic heterocycles. The third kappa shape index (κ3) is 5.82. The maximum atomic E-state index is 11.6. The van der Waals surface area contributed by atoms with Gasteiger partial charge < -0.3 is 10.6 Å². The Balaban J connectivity index is 2.29. The van der Waals surface area contributed by atoms with Gasteiger partial charge in [-0.15, -0.1) is 0 Å². The van der Waals surface area contributed by atoms with Crippen molar-refractivity contribution in [3.8, 4) is 0 Å². The van der Waals surface area contributed by atoms with Crippen LogP contribution in [0.1, 0.15) is 18.9 Å². The number of carbonyl (C=O) groups is 2. The van der Waals surface area contributed by atoms with E-state index in [1.807, 2.05) is 31.2 Å². The Hall–Kier alpha value is -1.36. The van der Waals surface area contributed by atoms with Gasteiger partial charge in [-0.25, -0.2) is 0 Å². The van der Waals surface area contributed by atoms with Gasteiger partial charge in [0.2, 0.25) is 11.8 Å². The first-order chi connectivity index (χ1) is 8.61. The van der Waals surface area contributed by atoms with Crippen LogP contribution in [-0.2, 0) is 16.0 Å². The van der Waals surface area contributed by atoms with Gasteiger partial charge in [0.1, 0.15) is 0 Å². The van der Waals surface area contributed by atoms with Crippen molar-refractivity contribution in [1.82, 2.24) is 10.6 Å². The Kier molecular flexibility index (Phi) is 6.43. The molecule has 1 aromatic carbocycles. The molecular weight excluding hydrogens is 296 g/mol. The molecule has 4 nitrogen and oxygen atoms in total. The third-order valence-electron chi connectivity index (χ3n) is 2.30. The Morgan fingerprint density at radius 1 is 1.11 bits per heavy atom. The minimum atomic E-state index is -0.152. The average molecular weight is 313 g/mol. The van der Waals surface area contributed by atoms with Crippen LogP contribution in [0.3, 0.4) is 0 Å². The van der Waals surface area contributed by atoms with E-state index in [1.54, 1.807) is 0 Å². The van der Waals surface area contributed by atoms with Gasteiger partial charge in [0, 0.05) is 11.0 Å². The molecular formula is C13H17BrN2O2. The summed E-state index contributed by atoms with van der Waals surface area (Å²) in [5.41, 5.74) is 0.921. The molecule has 98 valence electrons. The minimum absolute atomic E-state index is 0.0371. The monoisotopic (exact) mass is 312 g/mol. The molecule has 0 heterocycles. The first-order valence-corrected chi connectivity index (χ1v) is 6.69. The molecule has 0 unspecified atom stereocenters. The van der Waals surface area contributed by atoms with Crippen molar-refractivity contribution in [2.75, 3.05) is 13.1 Å². The third-order valence-corrected chi connectivity index (χ3v) is 2.82. The van der Waals surface area contributed by atoms with Gasteiger partial charge in [0.15, 0.2) is 0 Å². The van der Waals surface area contributed by atoms with Crippen LogP contribution in [0.25, 0.3) is 0 Å². The molecule has 2 N–H and O–H groups in total. The molecule has 0 bridgehead atoms. The second-order valence-electron chi connectivity index (χ2n) is 3.93. The molecule has 0 saturated heterocycles. The predicted octanol–water partition coefficient (Wildman–Crippen LogP) is 1.63. The summed E-state index contributed by atoms with van der Waals surface area (Å²) in [7, 11) is 0. The summed E-state index contributed by atoms with van der Waals surface area (Å²) in [6.07, 6.45) is 1.17. The van der Waals surface area contributed by atoms with E-state index in [-0.39, 0.29) is 24.8 Å². The Morgan fingerprint density at radius 2 is 1.78 bits per heavy atom. The first kappa shape index (κ1) is 14.7. The van der Waals surface area contributed by atoms with Crippen molar-refractivity contribution < 1.29 is 9.59 Å². The first-order valence-electron chi connectivity index (χ1n) is 5.89. The van der Waals surface area contributed by atoms with Crippen LogP contribution in [0, 0.1) is 0 Å². The molecule has 0 radical (unpaired) electrons. The molecule has 0 atom stereocenters. The summed E-state index contributed by atoms with van der Waals surface area (Å²) in [5.74, 6) is -0.301. The Bertz CT molecular complexity index is 404. The van der Waals surface area contributed by atoms with Crippen molar-refractivity contribution in [2.45, 2.75) is 19.8 Å². The lowest BCUT2D eigenvalue weighted by Gasteiger charge is -2.06. The van der Waals surface area contributed by atoms with E-state index in [1.165, 1.54) is 0 Å². The highest BCUT2D eigenvalue weighted by Crippen LogP contribution is 2.10. The summed E-state index contributed by atoms with van der Waals surface area (Å²) in [5, 5.41) is 5.29. The van der Waals surface area contributed by atoms with Gasteiger partial charge in [-0.1, -0.05) is 35.0 Å². The molecule has 18 heavy (non-hydrogen) atoms. The number of carbonyl (C=O) groups excluding carboxylic acids is 2. The fourth-order valence-corrected chi connectivity index (χ4v) is 1.62. The SMILES string of the molecule is CCCNC(=O)CNC(=O)Cc1ccc(Br)cc1. The molecule has 1 aromatic rings. The smallest absolute Gasteiger partial charge is 0.239 e. The number of hydrogen-bond acceptors (Lipinski definition) is 2. The zero-order valence-electron chi connectivity index (χ0n) is 10.3. The summed E-state index contributed by atoms with van der Waals surface area (Å²) in [6, 6.07) is 7.52. The van der Waals surface area contributed by atoms with Gasteiger partial charge in [0.05, 0.1) is 13.0 Å². The Labute approximate surface area is 115 Å². The van der Waals surface area contributed by atoms with Crippen LogP contribution in [0.15, 0.2) is 28.7 Å². The lowest BCUT2D eigenvalue weighted by molar-refractivity contribution is -0.125. The quantitative estimate of drug-likeness (QED) is 0.839. The number of amides is 2. The molecule has 0 spiro atoms. The lowest BCUT2D eigenvalue weighted by atomic mass is 10.1. The van der Waals surface area contributed by atoms with Gasteiger partial charge >= 0.3 is 0 Å². The average Bonchev–Trinajstić information content (AvgIpc) is 2.36. The maximum Gasteiger partial charge on any atom is 0.239 e. The predicted molar refractivity (Wildman–Crippen MR) is 74.2 cm³/mol. The highest BCUT2D eigenvalue weighted by Gasteiger charge is 2.05. The number of hydrogen-bond donors (Lipinski definition) is 2. The lowest BCUT2D eigenvalue weighted by Crippen LogP contribution is -2.37. The molecule has 5 heteroatoms. The van der Waals surface area contributed by atoms with Crippen LogP contribution in [0.2, 0.25) is 0 Å². The van der Waals surface area contributed by atoms with Crippen molar-refractivity contribution in [3.63, 3.8) is 0 Å². The molecule has 0 aliphatic rings. The van der Waals surface area contributed by atoms with E-state index in [0.29, 0.717) is 6.54 Å². The van der Waals surface area contributed by atoms with E-state index in [4.69, 9.17) is 0 Å². The summed E-state index contributed by atoms with van der Waals surface area (Å²) < 4.78 is 0.977. The zero-order valence-corrected chi connectivity index (χ0v) is 11.9. The van der Waals surface area contributed by atoms with Gasteiger partial charge in [-0.2, -0.15) is 0 Å². The molecule has 0 fully saturated rings. The van der Waals surface area contributed by atoms with Crippen molar-refractivity contribution in [3.05, 3.63) is 34.3 Å². The maximum absolute atomic E-state index is 11.6. The van der Waals surface area contributed by atoms with Crippen LogP contribution < -0.4 is 10.6 Å². The summed E-state index contributed by atoms with van der Waals surface area (Å²) in [6.45, 7) is 2.66. The molecule has 0 aromatic heterocycles. The molecule has 0 aliphatic carbocycles. The number of nitrogens with one attached hydrogen (secondary N) is 2. The van der Waals surface area contributed by atoms with E-state index < -0.39 is 0 Å². The number of rotatable bonds is 6. The second-order valence-corrected chi connectivity index (χ2v) is 4.85. The number of halogens is 1. The van der Waals surface area contributed by atoms with E-state index >= 15 is 0 Å². The topological polar surface area (TPSA) is 58.2 Å². The number of benzene rings is 1. The van der Waals surface area contributed by atoms with E-state index in [2.05, 4.69) is 26.6 Å². The van der Waals surface area contributed by atoms with Crippen molar-refractivity contribution >= 4 is 27.7 Å². The highest BCUT2D eigenvalue weighted by atomic mass is 79.9. The fraction of sp³-hybridized carbons (Fsp3) is 0.385. The highest BCUT2D eigenvalue weighted by molar-refractivity contribution is 9.10.